The van der Waals surface area contributed by atoms with Gasteiger partial charge in [-0.05, 0) is 37.8 Å². The summed E-state index contributed by atoms with van der Waals surface area (Å²) in [5, 5.41) is 0. The first-order valence-electron chi connectivity index (χ1n) is 9.39. The van der Waals surface area contributed by atoms with Gasteiger partial charge in [0, 0.05) is 8.80 Å². The van der Waals surface area contributed by atoms with Crippen molar-refractivity contribution in [2.75, 3.05) is 13.2 Å². The summed E-state index contributed by atoms with van der Waals surface area (Å²) >= 11 is 0. The molecule has 2 nitrogen and oxygen atoms in total. The van der Waals surface area contributed by atoms with E-state index in [9.17, 15) is 8.78 Å². The number of ether oxygens (including phenoxy) is 2. The second-order valence-electron chi connectivity index (χ2n) is 6.82. The standard InChI is InChI=1S/C19H30F2O2Si/c1-3-5-6-11-24-12-9-15(10-13-24)14-23-17-8-7-16(22-4-2)18(20)19(17)21/h7-8,15,24H,3-6,9-14H2,1-2H3. The molecule has 0 radical (unpaired) electrons. The quantitative estimate of drug-likeness (QED) is 0.425. The molecule has 0 bridgehead atoms. The molecule has 5 heteroatoms. The van der Waals surface area contributed by atoms with E-state index < -0.39 is 20.4 Å². The van der Waals surface area contributed by atoms with Gasteiger partial charge in [0.25, 0.3) is 0 Å². The minimum Gasteiger partial charge on any atom is -0.491 e. The van der Waals surface area contributed by atoms with Crippen LogP contribution in [0, 0.1) is 17.6 Å². The van der Waals surface area contributed by atoms with Crippen molar-refractivity contribution in [1.82, 2.24) is 0 Å². The van der Waals surface area contributed by atoms with Gasteiger partial charge in [-0.15, -0.1) is 0 Å². The van der Waals surface area contributed by atoms with Gasteiger partial charge in [0.1, 0.15) is 0 Å². The van der Waals surface area contributed by atoms with Crippen molar-refractivity contribution >= 4 is 8.80 Å². The highest BCUT2D eigenvalue weighted by Gasteiger charge is 2.23. The van der Waals surface area contributed by atoms with Crippen LogP contribution in [-0.2, 0) is 0 Å². The molecular formula is C19H30F2O2Si. The van der Waals surface area contributed by atoms with Crippen LogP contribution in [0.2, 0.25) is 18.1 Å². The van der Waals surface area contributed by atoms with Gasteiger partial charge < -0.3 is 9.47 Å². The van der Waals surface area contributed by atoms with Crippen LogP contribution < -0.4 is 9.47 Å². The lowest BCUT2D eigenvalue weighted by atomic mass is 10.0. The Morgan fingerprint density at radius 1 is 1.00 bits per heavy atom. The fourth-order valence-electron chi connectivity index (χ4n) is 3.47. The zero-order valence-corrected chi connectivity index (χ0v) is 16.1. The first-order chi connectivity index (χ1) is 11.7. The van der Waals surface area contributed by atoms with Gasteiger partial charge in [-0.25, -0.2) is 0 Å². The lowest BCUT2D eigenvalue weighted by Crippen LogP contribution is -2.24. The van der Waals surface area contributed by atoms with Crippen LogP contribution in [0.1, 0.15) is 46.0 Å². The average molecular weight is 357 g/mol. The van der Waals surface area contributed by atoms with Crippen molar-refractivity contribution in [1.29, 1.82) is 0 Å². The van der Waals surface area contributed by atoms with E-state index >= 15 is 0 Å². The Bertz CT molecular complexity index is 502. The van der Waals surface area contributed by atoms with Crippen molar-refractivity contribution in [2.45, 2.75) is 64.1 Å². The number of unbranched alkanes of at least 4 members (excludes halogenated alkanes) is 2. The molecule has 1 heterocycles. The minimum absolute atomic E-state index is 0.00160. The van der Waals surface area contributed by atoms with Crippen molar-refractivity contribution in [3.05, 3.63) is 23.8 Å². The predicted molar refractivity (Wildman–Crippen MR) is 96.8 cm³/mol. The van der Waals surface area contributed by atoms with E-state index in [2.05, 4.69) is 6.92 Å². The first kappa shape index (κ1) is 19.2. The minimum atomic E-state index is -0.957. The van der Waals surface area contributed by atoms with Gasteiger partial charge in [0.15, 0.2) is 11.5 Å². The van der Waals surface area contributed by atoms with E-state index in [-0.39, 0.29) is 11.5 Å². The van der Waals surface area contributed by atoms with Crippen molar-refractivity contribution in [3.8, 4) is 11.5 Å². The third-order valence-corrected chi connectivity index (χ3v) is 8.49. The zero-order valence-electron chi connectivity index (χ0n) is 15.0. The number of benzene rings is 1. The molecular weight excluding hydrogens is 326 g/mol. The number of rotatable bonds is 9. The maximum Gasteiger partial charge on any atom is 0.204 e. The molecule has 0 aromatic heterocycles. The molecule has 136 valence electrons. The first-order valence-corrected chi connectivity index (χ1v) is 11.8. The van der Waals surface area contributed by atoms with E-state index in [0.29, 0.717) is 19.1 Å². The molecule has 2 rings (SSSR count). The number of hydrogen-bond donors (Lipinski definition) is 0. The third-order valence-electron chi connectivity index (χ3n) is 4.97. The topological polar surface area (TPSA) is 18.5 Å². The molecule has 1 saturated heterocycles. The van der Waals surface area contributed by atoms with Crippen molar-refractivity contribution in [2.24, 2.45) is 5.92 Å². The highest BCUT2D eigenvalue weighted by Crippen LogP contribution is 2.31. The van der Waals surface area contributed by atoms with Gasteiger partial charge in [0.2, 0.25) is 11.6 Å². The Balaban J connectivity index is 1.77. The van der Waals surface area contributed by atoms with E-state index in [0.717, 1.165) is 0 Å². The highest BCUT2D eigenvalue weighted by atomic mass is 28.3. The van der Waals surface area contributed by atoms with Crippen LogP contribution in [0.5, 0.6) is 11.5 Å². The summed E-state index contributed by atoms with van der Waals surface area (Å²) in [6.45, 7) is 4.78. The molecule has 1 aliphatic rings. The normalized spacial score (nSPS) is 20.8. The molecule has 1 aromatic rings. The van der Waals surface area contributed by atoms with Crippen LogP contribution >= 0.6 is 0 Å². The van der Waals surface area contributed by atoms with Gasteiger partial charge in [-0.3, -0.25) is 0 Å². The molecule has 0 saturated carbocycles. The molecule has 0 amide bonds. The van der Waals surface area contributed by atoms with Gasteiger partial charge >= 0.3 is 0 Å². The van der Waals surface area contributed by atoms with Crippen LogP contribution in [0.25, 0.3) is 0 Å². The Morgan fingerprint density at radius 2 is 1.62 bits per heavy atom. The van der Waals surface area contributed by atoms with Crippen LogP contribution in [0.15, 0.2) is 12.1 Å². The van der Waals surface area contributed by atoms with Gasteiger partial charge in [-0.1, -0.05) is 44.3 Å². The lowest BCUT2D eigenvalue weighted by Gasteiger charge is -2.27. The molecule has 1 fully saturated rings. The van der Waals surface area contributed by atoms with E-state index in [4.69, 9.17) is 9.47 Å². The molecule has 0 aliphatic carbocycles. The fourth-order valence-corrected chi connectivity index (χ4v) is 7.09. The maximum atomic E-state index is 14.0. The summed E-state index contributed by atoms with van der Waals surface area (Å²) in [4.78, 5) is 0. The molecule has 24 heavy (non-hydrogen) atoms. The van der Waals surface area contributed by atoms with E-state index in [1.165, 1.54) is 62.4 Å². The molecule has 0 spiro atoms. The second kappa shape index (κ2) is 10.0. The SMILES string of the molecule is CCCCC[SiH]1CCC(COc2ccc(OCC)c(F)c2F)CC1. The molecule has 0 atom stereocenters. The highest BCUT2D eigenvalue weighted by molar-refractivity contribution is 6.58. The third kappa shape index (κ3) is 5.47. The smallest absolute Gasteiger partial charge is 0.204 e. The Hall–Kier alpha value is -1.10. The van der Waals surface area contributed by atoms with E-state index in [1.807, 2.05) is 0 Å². The van der Waals surface area contributed by atoms with Crippen LogP contribution in [0.4, 0.5) is 8.78 Å². The largest absolute Gasteiger partial charge is 0.491 e. The van der Waals surface area contributed by atoms with E-state index in [1.54, 1.807) is 6.92 Å². The molecule has 0 unspecified atom stereocenters. The fraction of sp³-hybridized carbons (Fsp3) is 0.684. The summed E-state index contributed by atoms with van der Waals surface area (Å²) < 4.78 is 38.5. The maximum absolute atomic E-state index is 14.0. The zero-order chi connectivity index (χ0) is 17.4. The van der Waals surface area contributed by atoms with Crippen LogP contribution in [0.3, 0.4) is 0 Å². The predicted octanol–water partition coefficient (Wildman–Crippen LogP) is 5.57. The lowest BCUT2D eigenvalue weighted by molar-refractivity contribution is 0.222. The average Bonchev–Trinajstić information content (AvgIpc) is 2.60. The van der Waals surface area contributed by atoms with Crippen molar-refractivity contribution < 1.29 is 18.3 Å². The summed E-state index contributed by atoms with van der Waals surface area (Å²) in [6.07, 6.45) is 6.42. The monoisotopic (exact) mass is 356 g/mol. The van der Waals surface area contributed by atoms with Crippen LogP contribution in [-0.4, -0.2) is 22.0 Å². The second-order valence-corrected chi connectivity index (χ2v) is 10.3. The molecule has 1 aliphatic heterocycles. The van der Waals surface area contributed by atoms with Crippen molar-refractivity contribution in [3.63, 3.8) is 0 Å². The Kier molecular flexibility index (Phi) is 8.02. The molecule has 0 N–H and O–H groups in total. The van der Waals surface area contributed by atoms with Gasteiger partial charge in [-0.2, -0.15) is 8.78 Å². The Morgan fingerprint density at radius 3 is 2.21 bits per heavy atom. The molecule has 1 aromatic carbocycles. The summed E-state index contributed by atoms with van der Waals surface area (Å²) in [5.41, 5.74) is 0. The summed E-state index contributed by atoms with van der Waals surface area (Å²) in [6, 6.07) is 7.12. The van der Waals surface area contributed by atoms with Gasteiger partial charge in [0.05, 0.1) is 13.2 Å². The number of halogens is 2. The number of hydrogen-bond acceptors (Lipinski definition) is 2. The Labute approximate surface area is 146 Å². The summed E-state index contributed by atoms with van der Waals surface area (Å²) in [7, 11) is -0.534. The summed E-state index contributed by atoms with van der Waals surface area (Å²) in [5.74, 6) is -1.47.